The Morgan fingerprint density at radius 2 is 2.04 bits per heavy atom. The second kappa shape index (κ2) is 7.39. The highest BCUT2D eigenvalue weighted by Crippen LogP contribution is 2.24. The zero-order valence-electron chi connectivity index (χ0n) is 14.9. The number of hydrogen-bond donors (Lipinski definition) is 1. The summed E-state index contributed by atoms with van der Waals surface area (Å²) in [7, 11) is 0. The molecule has 0 spiro atoms. The topological polar surface area (TPSA) is 81.4 Å². The van der Waals surface area contributed by atoms with Gasteiger partial charge in [0.2, 0.25) is 0 Å². The molecule has 0 bridgehead atoms. The number of nitrogens with one attached hydrogen (secondary N) is 1. The van der Waals surface area contributed by atoms with Crippen LogP contribution in [0, 0.1) is 13.8 Å². The lowest BCUT2D eigenvalue weighted by Crippen LogP contribution is -2.36. The molecule has 0 saturated carbocycles. The third-order valence-electron chi connectivity index (χ3n) is 4.28. The zero-order valence-corrected chi connectivity index (χ0v) is 14.9. The van der Waals surface area contributed by atoms with Crippen molar-refractivity contribution in [1.82, 2.24) is 10.3 Å². The molecule has 0 fully saturated rings. The first-order chi connectivity index (χ1) is 12.5. The van der Waals surface area contributed by atoms with E-state index in [1.54, 1.807) is 32.2 Å². The standard InChI is InChI=1S/C20H20N2O4/c1-12-13(2)20(24)26-18-10-16(7-8-17(12)18)25-14(3)19(23)22-11-15-6-4-5-9-21-15/h4-10,14H,11H2,1-3H3,(H,22,23)/t14-/m0/s1. The van der Waals surface area contributed by atoms with E-state index in [4.69, 9.17) is 9.15 Å². The Morgan fingerprint density at radius 3 is 2.77 bits per heavy atom. The lowest BCUT2D eigenvalue weighted by Gasteiger charge is -2.15. The maximum atomic E-state index is 12.2. The molecule has 0 radical (unpaired) electrons. The molecule has 2 aromatic heterocycles. The molecule has 6 nitrogen and oxygen atoms in total. The van der Waals surface area contributed by atoms with Crippen molar-refractivity contribution in [2.24, 2.45) is 0 Å². The first kappa shape index (κ1) is 17.7. The lowest BCUT2D eigenvalue weighted by atomic mass is 10.1. The van der Waals surface area contributed by atoms with E-state index in [9.17, 15) is 9.59 Å². The molecule has 1 N–H and O–H groups in total. The summed E-state index contributed by atoms with van der Waals surface area (Å²) in [6.45, 7) is 5.61. The molecule has 1 atom stereocenters. The van der Waals surface area contributed by atoms with Crippen LogP contribution in [0.2, 0.25) is 0 Å². The van der Waals surface area contributed by atoms with Crippen molar-refractivity contribution in [3.05, 3.63) is 69.8 Å². The van der Waals surface area contributed by atoms with Gasteiger partial charge in [0.25, 0.3) is 5.91 Å². The van der Waals surface area contributed by atoms with E-state index in [1.165, 1.54) is 0 Å². The number of aromatic nitrogens is 1. The predicted molar refractivity (Wildman–Crippen MR) is 98.1 cm³/mol. The number of hydrogen-bond acceptors (Lipinski definition) is 5. The Morgan fingerprint density at radius 1 is 1.23 bits per heavy atom. The van der Waals surface area contributed by atoms with Gasteiger partial charge in [0.05, 0.1) is 12.2 Å². The van der Waals surface area contributed by atoms with Gasteiger partial charge in [0.1, 0.15) is 11.3 Å². The van der Waals surface area contributed by atoms with Crippen molar-refractivity contribution >= 4 is 16.9 Å². The van der Waals surface area contributed by atoms with Crippen molar-refractivity contribution in [3.8, 4) is 5.75 Å². The fourth-order valence-corrected chi connectivity index (χ4v) is 2.58. The van der Waals surface area contributed by atoms with E-state index < -0.39 is 6.10 Å². The molecule has 0 aliphatic carbocycles. The normalized spacial score (nSPS) is 12.0. The van der Waals surface area contributed by atoms with Crippen molar-refractivity contribution in [2.45, 2.75) is 33.4 Å². The van der Waals surface area contributed by atoms with E-state index in [1.807, 2.05) is 31.2 Å². The summed E-state index contributed by atoms with van der Waals surface area (Å²) in [5.74, 6) is 0.210. The number of amides is 1. The predicted octanol–water partition coefficient (Wildman–Crippen LogP) is 2.89. The largest absolute Gasteiger partial charge is 0.481 e. The van der Waals surface area contributed by atoms with Crippen LogP contribution in [-0.4, -0.2) is 17.0 Å². The van der Waals surface area contributed by atoms with Gasteiger partial charge < -0.3 is 14.5 Å². The summed E-state index contributed by atoms with van der Waals surface area (Å²) in [5.41, 5.74) is 2.31. The minimum Gasteiger partial charge on any atom is -0.481 e. The summed E-state index contributed by atoms with van der Waals surface area (Å²) < 4.78 is 11.0. The second-order valence-corrected chi connectivity index (χ2v) is 6.10. The zero-order chi connectivity index (χ0) is 18.7. The molecule has 6 heteroatoms. The van der Waals surface area contributed by atoms with E-state index in [0.717, 1.165) is 16.6 Å². The molecular formula is C20H20N2O4. The summed E-state index contributed by atoms with van der Waals surface area (Å²) in [5, 5.41) is 3.63. The quantitative estimate of drug-likeness (QED) is 0.714. The van der Waals surface area contributed by atoms with E-state index in [2.05, 4.69) is 10.3 Å². The van der Waals surface area contributed by atoms with Crippen LogP contribution in [0.3, 0.4) is 0 Å². The number of ether oxygens (including phenoxy) is 1. The molecule has 0 saturated heterocycles. The highest BCUT2D eigenvalue weighted by atomic mass is 16.5. The van der Waals surface area contributed by atoms with Crippen LogP contribution in [0.4, 0.5) is 0 Å². The van der Waals surface area contributed by atoms with Crippen LogP contribution < -0.4 is 15.7 Å². The van der Waals surface area contributed by atoms with Gasteiger partial charge >= 0.3 is 5.63 Å². The molecule has 134 valence electrons. The SMILES string of the molecule is Cc1c(C)c2ccc(O[C@@H](C)C(=O)NCc3ccccn3)cc2oc1=O. The van der Waals surface area contributed by atoms with Crippen molar-refractivity contribution in [2.75, 3.05) is 0 Å². The maximum absolute atomic E-state index is 12.2. The van der Waals surface area contributed by atoms with Gasteiger partial charge in [0, 0.05) is 23.2 Å². The third-order valence-corrected chi connectivity index (χ3v) is 4.28. The Kier molecular flexibility index (Phi) is 5.02. The molecule has 26 heavy (non-hydrogen) atoms. The molecule has 2 heterocycles. The van der Waals surface area contributed by atoms with Crippen LogP contribution in [0.25, 0.3) is 11.0 Å². The number of rotatable bonds is 5. The van der Waals surface area contributed by atoms with Gasteiger partial charge in [-0.15, -0.1) is 0 Å². The monoisotopic (exact) mass is 352 g/mol. The lowest BCUT2D eigenvalue weighted by molar-refractivity contribution is -0.127. The minimum atomic E-state index is -0.700. The van der Waals surface area contributed by atoms with E-state index in [0.29, 0.717) is 23.4 Å². The maximum Gasteiger partial charge on any atom is 0.339 e. The number of nitrogens with zero attached hydrogens (tertiary/aromatic N) is 1. The fourth-order valence-electron chi connectivity index (χ4n) is 2.58. The van der Waals surface area contributed by atoms with Gasteiger partial charge in [-0.1, -0.05) is 6.07 Å². The summed E-state index contributed by atoms with van der Waals surface area (Å²) in [6, 6.07) is 10.7. The van der Waals surface area contributed by atoms with Crippen LogP contribution in [0.5, 0.6) is 5.75 Å². The summed E-state index contributed by atoms with van der Waals surface area (Å²) >= 11 is 0. The molecule has 0 aliphatic heterocycles. The Hall–Kier alpha value is -3.15. The minimum absolute atomic E-state index is 0.253. The van der Waals surface area contributed by atoms with Gasteiger partial charge in [-0.25, -0.2) is 4.79 Å². The smallest absolute Gasteiger partial charge is 0.339 e. The van der Waals surface area contributed by atoms with Crippen molar-refractivity contribution in [1.29, 1.82) is 0 Å². The highest BCUT2D eigenvalue weighted by molar-refractivity contribution is 5.83. The number of carbonyl (C=O) groups is 1. The van der Waals surface area contributed by atoms with E-state index in [-0.39, 0.29) is 11.5 Å². The number of aryl methyl sites for hydroxylation is 1. The van der Waals surface area contributed by atoms with Crippen molar-refractivity contribution in [3.63, 3.8) is 0 Å². The van der Waals surface area contributed by atoms with Crippen LogP contribution in [0.1, 0.15) is 23.7 Å². The molecule has 3 aromatic rings. The van der Waals surface area contributed by atoms with Crippen LogP contribution in [0.15, 0.2) is 51.8 Å². The fraction of sp³-hybridized carbons (Fsp3) is 0.250. The van der Waals surface area contributed by atoms with Gasteiger partial charge in [-0.2, -0.15) is 0 Å². The second-order valence-electron chi connectivity index (χ2n) is 6.10. The molecule has 0 aliphatic rings. The molecule has 1 aromatic carbocycles. The van der Waals surface area contributed by atoms with Gasteiger partial charge in [-0.3, -0.25) is 9.78 Å². The van der Waals surface area contributed by atoms with Crippen molar-refractivity contribution < 1.29 is 13.9 Å². The number of pyridine rings is 1. The summed E-state index contributed by atoms with van der Waals surface area (Å²) in [4.78, 5) is 28.2. The average molecular weight is 352 g/mol. The third kappa shape index (κ3) is 3.74. The highest BCUT2D eigenvalue weighted by Gasteiger charge is 2.16. The van der Waals surface area contributed by atoms with Crippen LogP contribution >= 0.6 is 0 Å². The Bertz CT molecular complexity index is 996. The summed E-state index contributed by atoms with van der Waals surface area (Å²) in [6.07, 6.45) is 0.975. The molecule has 3 rings (SSSR count). The van der Waals surface area contributed by atoms with Gasteiger partial charge in [0.15, 0.2) is 6.10 Å². The van der Waals surface area contributed by atoms with Crippen LogP contribution in [-0.2, 0) is 11.3 Å². The Balaban J connectivity index is 1.70. The first-order valence-corrected chi connectivity index (χ1v) is 8.34. The number of benzene rings is 1. The average Bonchev–Trinajstić information content (AvgIpc) is 2.65. The Labute approximate surface area is 150 Å². The molecular weight excluding hydrogens is 332 g/mol. The number of fused-ring (bicyclic) bond motifs is 1. The van der Waals surface area contributed by atoms with Gasteiger partial charge in [-0.05, 0) is 50.6 Å². The molecule has 0 unspecified atom stereocenters. The first-order valence-electron chi connectivity index (χ1n) is 8.34. The molecule has 1 amide bonds. The van der Waals surface area contributed by atoms with E-state index >= 15 is 0 Å². The number of carbonyl (C=O) groups excluding carboxylic acids is 1.